The molecular weight excluding hydrogens is 879 g/mol. The van der Waals surface area contributed by atoms with Crippen molar-refractivity contribution in [2.24, 2.45) is 0 Å². The monoisotopic (exact) mass is 914 g/mol. The van der Waals surface area contributed by atoms with Crippen LogP contribution in [0.25, 0.3) is 83.2 Å². The van der Waals surface area contributed by atoms with Gasteiger partial charge in [0.25, 0.3) is 0 Å². The van der Waals surface area contributed by atoms with Crippen molar-refractivity contribution in [3.05, 3.63) is 158 Å². The Hall–Kier alpha value is -5.27. The Kier molecular flexibility index (Phi) is 8.92. The standard InChI is InChI=1S/C25H15N2O.C20H18GeNO.Ir/c1-2-9-17(10-3-1)27-22-15-6-5-14-21(22)26-25(27)20-13-8-12-19-18-11-4-7-16-23(18)28-24(19)20;1-21(2,3)14-11-12-18(22-13-14)17-9-6-8-16-15-7-4-5-10-19(15)23-20(16)17;/h1-12,14-16H;4-8,10-13H,1-3H3;/q2*-1;. The predicted molar refractivity (Wildman–Crippen MR) is 211 cm³/mol. The van der Waals surface area contributed by atoms with Gasteiger partial charge in [-0.15, -0.1) is 18.2 Å². The number of para-hydroxylation sites is 5. The molecule has 4 heterocycles. The zero-order chi connectivity index (χ0) is 34.5. The minimum atomic E-state index is -1.83. The molecule has 0 saturated heterocycles. The van der Waals surface area contributed by atoms with Crippen molar-refractivity contribution in [3.8, 4) is 28.3 Å². The van der Waals surface area contributed by atoms with Crippen LogP contribution in [0, 0.1) is 12.1 Å². The van der Waals surface area contributed by atoms with Crippen LogP contribution in [0.15, 0.2) is 155 Å². The molecule has 0 spiro atoms. The molecule has 0 saturated carbocycles. The molecule has 0 atom stereocenters. The van der Waals surface area contributed by atoms with Crippen molar-refractivity contribution in [3.63, 3.8) is 0 Å². The molecule has 4 aromatic heterocycles. The van der Waals surface area contributed by atoms with Gasteiger partial charge in [0, 0.05) is 31.2 Å². The van der Waals surface area contributed by atoms with Crippen molar-refractivity contribution in [2.45, 2.75) is 17.3 Å². The molecule has 7 heteroatoms. The number of nitrogens with zero attached hydrogens (tertiary/aromatic N) is 3. The largest absolute Gasteiger partial charge is 0.501 e. The molecule has 10 rings (SSSR count). The average molecular weight is 913 g/mol. The van der Waals surface area contributed by atoms with E-state index < -0.39 is 13.3 Å². The molecule has 5 nitrogen and oxygen atoms in total. The summed E-state index contributed by atoms with van der Waals surface area (Å²) >= 11 is -1.83. The Morgan fingerprint density at radius 3 is 1.79 bits per heavy atom. The second-order valence-corrected chi connectivity index (χ2v) is 24.3. The number of pyridine rings is 1. The van der Waals surface area contributed by atoms with E-state index in [0.29, 0.717) is 0 Å². The van der Waals surface area contributed by atoms with Crippen LogP contribution in [0.3, 0.4) is 0 Å². The Bertz CT molecular complexity index is 2850. The van der Waals surface area contributed by atoms with Crippen LogP contribution in [0.5, 0.6) is 0 Å². The number of imidazole rings is 1. The number of furan rings is 2. The van der Waals surface area contributed by atoms with Crippen LogP contribution >= 0.6 is 0 Å². The van der Waals surface area contributed by atoms with Crippen molar-refractivity contribution >= 4 is 72.6 Å². The third-order valence-electron chi connectivity index (χ3n) is 9.36. The van der Waals surface area contributed by atoms with Crippen molar-refractivity contribution < 1.29 is 28.9 Å². The first-order valence-corrected chi connectivity index (χ1v) is 24.4. The van der Waals surface area contributed by atoms with Crippen LogP contribution < -0.4 is 4.40 Å². The molecule has 0 amide bonds. The van der Waals surface area contributed by atoms with E-state index in [0.717, 1.165) is 83.2 Å². The Balaban J connectivity index is 0.000000149. The number of rotatable bonds is 4. The number of benzene rings is 6. The zero-order valence-electron chi connectivity index (χ0n) is 28.8. The Morgan fingerprint density at radius 1 is 0.577 bits per heavy atom. The van der Waals surface area contributed by atoms with E-state index >= 15 is 0 Å². The fourth-order valence-corrected chi connectivity index (χ4v) is 8.93. The first kappa shape index (κ1) is 33.9. The first-order valence-electron chi connectivity index (χ1n) is 17.1. The minimum Gasteiger partial charge on any atom is -0.501 e. The fraction of sp³-hybridized carbons (Fsp3) is 0.0667. The quantitative estimate of drug-likeness (QED) is 0.130. The second-order valence-electron chi connectivity index (χ2n) is 13.7. The van der Waals surface area contributed by atoms with Crippen LogP contribution in [0.2, 0.25) is 17.3 Å². The zero-order valence-corrected chi connectivity index (χ0v) is 33.3. The smallest absolute Gasteiger partial charge is 0.120 e. The Labute approximate surface area is 317 Å². The van der Waals surface area contributed by atoms with Crippen molar-refractivity contribution in [2.75, 3.05) is 0 Å². The average Bonchev–Trinajstić information content (AvgIpc) is 3.87. The number of aromatic nitrogens is 3. The number of hydrogen-bond acceptors (Lipinski definition) is 4. The SMILES string of the molecule is [CH3][Ge]([CH3])([CH3])[c]1ccc(-c2[c-]ccc3c2oc2ccccc23)nc1.[Ir].[c-]1ccc2c(oc3ccccc32)c1-c1nc2ccccc2n1-c1ccccc1. The maximum absolute atomic E-state index is 6.24. The van der Waals surface area contributed by atoms with E-state index in [1.54, 1.807) is 0 Å². The summed E-state index contributed by atoms with van der Waals surface area (Å²) in [5.74, 6) is 7.96. The maximum Gasteiger partial charge on any atom is 0.120 e. The maximum atomic E-state index is 6.24. The third-order valence-corrected chi connectivity index (χ3v) is 13.6. The summed E-state index contributed by atoms with van der Waals surface area (Å²) < 4.78 is 15.9. The molecule has 52 heavy (non-hydrogen) atoms. The molecule has 255 valence electrons. The van der Waals surface area contributed by atoms with Gasteiger partial charge in [-0.3, -0.25) is 4.98 Å². The summed E-state index contributed by atoms with van der Waals surface area (Å²) in [5, 5.41) is 4.44. The van der Waals surface area contributed by atoms with Gasteiger partial charge < -0.3 is 8.98 Å². The van der Waals surface area contributed by atoms with Gasteiger partial charge in [-0.05, 0) is 30.3 Å². The van der Waals surface area contributed by atoms with Gasteiger partial charge in [0.2, 0.25) is 0 Å². The molecule has 0 aliphatic carbocycles. The molecule has 0 bridgehead atoms. The summed E-state index contributed by atoms with van der Waals surface area (Å²) in [6.07, 6.45) is 2.03. The number of hydrogen-bond donors (Lipinski definition) is 0. The van der Waals surface area contributed by atoms with E-state index in [4.69, 9.17) is 18.8 Å². The van der Waals surface area contributed by atoms with Crippen LogP contribution in [-0.2, 0) is 20.1 Å². The fourth-order valence-electron chi connectivity index (χ4n) is 6.75. The molecule has 0 unspecified atom stereocenters. The van der Waals surface area contributed by atoms with Crippen molar-refractivity contribution in [1.29, 1.82) is 0 Å². The first-order chi connectivity index (χ1) is 24.9. The van der Waals surface area contributed by atoms with Gasteiger partial charge in [0.15, 0.2) is 0 Å². The van der Waals surface area contributed by atoms with Gasteiger partial charge in [-0.2, -0.15) is 0 Å². The van der Waals surface area contributed by atoms with Gasteiger partial charge in [0.05, 0.1) is 22.4 Å². The summed E-state index contributed by atoms with van der Waals surface area (Å²) in [6.45, 7) is 0. The molecule has 0 fully saturated rings. The minimum absolute atomic E-state index is 0. The van der Waals surface area contributed by atoms with E-state index in [1.807, 2.05) is 91.1 Å². The third kappa shape index (κ3) is 5.97. The normalized spacial score (nSPS) is 11.6. The van der Waals surface area contributed by atoms with Gasteiger partial charge in [0.1, 0.15) is 5.58 Å². The topological polar surface area (TPSA) is 57.0 Å². The predicted octanol–water partition coefficient (Wildman–Crippen LogP) is 11.4. The molecular formula is C45H33GeIrN3O2-2. The van der Waals surface area contributed by atoms with E-state index in [-0.39, 0.29) is 20.1 Å². The van der Waals surface area contributed by atoms with Crippen LogP contribution in [0.1, 0.15) is 0 Å². The number of fused-ring (bicyclic) bond motifs is 7. The van der Waals surface area contributed by atoms with Gasteiger partial charge >= 0.3 is 138 Å². The van der Waals surface area contributed by atoms with Crippen LogP contribution in [-0.4, -0.2) is 27.8 Å². The molecule has 6 aromatic carbocycles. The summed E-state index contributed by atoms with van der Waals surface area (Å²) in [5.41, 5.74) is 9.26. The molecule has 10 aromatic rings. The van der Waals surface area contributed by atoms with Gasteiger partial charge in [-0.25, -0.2) is 0 Å². The van der Waals surface area contributed by atoms with E-state index in [1.165, 1.54) is 4.40 Å². The molecule has 1 radical (unpaired) electrons. The summed E-state index contributed by atoms with van der Waals surface area (Å²) in [4.78, 5) is 9.64. The van der Waals surface area contributed by atoms with E-state index in [9.17, 15) is 0 Å². The van der Waals surface area contributed by atoms with Crippen LogP contribution in [0.4, 0.5) is 0 Å². The van der Waals surface area contributed by atoms with Gasteiger partial charge in [-0.1, -0.05) is 59.5 Å². The molecule has 0 aliphatic heterocycles. The van der Waals surface area contributed by atoms with Crippen molar-refractivity contribution in [1.82, 2.24) is 14.5 Å². The molecule has 0 aliphatic rings. The summed E-state index contributed by atoms with van der Waals surface area (Å²) in [6, 6.07) is 53.8. The molecule has 0 N–H and O–H groups in total. The van der Waals surface area contributed by atoms with E-state index in [2.05, 4.69) is 88.6 Å². The second kappa shape index (κ2) is 13.7. The summed E-state index contributed by atoms with van der Waals surface area (Å²) in [7, 11) is 0. The Morgan fingerprint density at radius 2 is 1.15 bits per heavy atom.